The van der Waals surface area contributed by atoms with E-state index < -0.39 is 0 Å². The first-order valence-electron chi connectivity index (χ1n) is 3.34. The molecule has 4 N–H and O–H groups in total. The highest BCUT2D eigenvalue weighted by Crippen LogP contribution is 1.84. The van der Waals surface area contributed by atoms with Crippen molar-refractivity contribution in [2.45, 2.75) is 0 Å². The van der Waals surface area contributed by atoms with Crippen LogP contribution in [-0.2, 0) is 4.74 Å². The van der Waals surface area contributed by atoms with Gasteiger partial charge in [0.25, 0.3) is 0 Å². The summed E-state index contributed by atoms with van der Waals surface area (Å²) in [6.07, 6.45) is 0. The molecule has 0 saturated carbocycles. The van der Waals surface area contributed by atoms with Crippen molar-refractivity contribution in [2.24, 2.45) is 0 Å². The Morgan fingerprint density at radius 3 is 0.909 bits per heavy atom. The molecule has 0 spiro atoms. The molecule has 0 aromatic carbocycles. The zero-order valence-corrected chi connectivity index (χ0v) is 6.44. The van der Waals surface area contributed by atoms with E-state index in [9.17, 15) is 0 Å². The Morgan fingerprint density at radius 1 is 0.727 bits per heavy atom. The standard InChI is InChI=1S/2C2H6O2.C2H4O/c2*3-1-2-4;1-2-3-1/h2*3-4H,1-2H2;1-2H2. The summed E-state index contributed by atoms with van der Waals surface area (Å²) in [5, 5.41) is 30.5. The van der Waals surface area contributed by atoms with Gasteiger partial charge in [-0.05, 0) is 0 Å². The molecule has 5 nitrogen and oxygen atoms in total. The predicted molar refractivity (Wildman–Crippen MR) is 39.2 cm³/mol. The van der Waals surface area contributed by atoms with Gasteiger partial charge in [0.05, 0.1) is 39.6 Å². The van der Waals surface area contributed by atoms with Gasteiger partial charge in [0, 0.05) is 0 Å². The smallest absolute Gasteiger partial charge is 0.0701 e. The summed E-state index contributed by atoms with van der Waals surface area (Å²) in [4.78, 5) is 0. The van der Waals surface area contributed by atoms with Gasteiger partial charge in [-0.15, -0.1) is 0 Å². The van der Waals surface area contributed by atoms with Gasteiger partial charge in [-0.25, -0.2) is 0 Å². The van der Waals surface area contributed by atoms with Gasteiger partial charge in [-0.1, -0.05) is 0 Å². The number of hydrogen-bond donors (Lipinski definition) is 4. The second kappa shape index (κ2) is 16.4. The quantitative estimate of drug-likeness (QED) is 0.356. The molecule has 0 aromatic heterocycles. The Balaban J connectivity index is 0. The number of epoxide rings is 1. The lowest BCUT2D eigenvalue weighted by molar-refractivity contribution is 0.186. The molecule has 0 amide bonds. The lowest BCUT2D eigenvalue weighted by Gasteiger charge is -1.70. The largest absolute Gasteiger partial charge is 0.394 e. The molecule has 1 rings (SSSR count). The van der Waals surface area contributed by atoms with E-state index in [1.165, 1.54) is 0 Å². The summed E-state index contributed by atoms with van der Waals surface area (Å²) in [5.41, 5.74) is 0. The monoisotopic (exact) mass is 168 g/mol. The van der Waals surface area contributed by atoms with Crippen LogP contribution in [-0.4, -0.2) is 60.1 Å². The highest BCUT2D eigenvalue weighted by Gasteiger charge is 1.94. The second-order valence-corrected chi connectivity index (χ2v) is 1.51. The molecule has 0 radical (unpaired) electrons. The fraction of sp³-hybridized carbons (Fsp3) is 1.00. The van der Waals surface area contributed by atoms with Crippen LogP contribution < -0.4 is 0 Å². The molecule has 0 unspecified atom stereocenters. The van der Waals surface area contributed by atoms with Crippen molar-refractivity contribution in [1.82, 2.24) is 0 Å². The van der Waals surface area contributed by atoms with E-state index in [0.29, 0.717) is 0 Å². The van der Waals surface area contributed by atoms with Gasteiger partial charge in [-0.3, -0.25) is 0 Å². The molecule has 0 aliphatic carbocycles. The minimum Gasteiger partial charge on any atom is -0.394 e. The van der Waals surface area contributed by atoms with E-state index in [0.717, 1.165) is 13.2 Å². The molecule has 0 atom stereocenters. The van der Waals surface area contributed by atoms with Gasteiger partial charge >= 0.3 is 0 Å². The summed E-state index contributed by atoms with van der Waals surface area (Å²) >= 11 is 0. The highest BCUT2D eigenvalue weighted by atomic mass is 16.6. The summed E-state index contributed by atoms with van der Waals surface area (Å²) in [5.74, 6) is 0. The van der Waals surface area contributed by atoms with Crippen LogP contribution in [0.3, 0.4) is 0 Å². The van der Waals surface area contributed by atoms with Crippen LogP contribution in [0.4, 0.5) is 0 Å². The molecule has 0 bridgehead atoms. The van der Waals surface area contributed by atoms with Crippen molar-refractivity contribution in [1.29, 1.82) is 0 Å². The minimum absolute atomic E-state index is 0.125. The first-order valence-corrected chi connectivity index (χ1v) is 3.34. The SMILES string of the molecule is C1CO1.OCCO.OCCO. The van der Waals surface area contributed by atoms with E-state index in [2.05, 4.69) is 4.74 Å². The van der Waals surface area contributed by atoms with Gasteiger partial charge in [-0.2, -0.15) is 0 Å². The summed E-state index contributed by atoms with van der Waals surface area (Å²) in [7, 11) is 0. The zero-order chi connectivity index (χ0) is 8.95. The zero-order valence-electron chi connectivity index (χ0n) is 6.44. The van der Waals surface area contributed by atoms with Crippen molar-refractivity contribution in [3.63, 3.8) is 0 Å². The molecule has 70 valence electrons. The van der Waals surface area contributed by atoms with E-state index in [-0.39, 0.29) is 26.4 Å². The molecule has 1 saturated heterocycles. The van der Waals surface area contributed by atoms with E-state index in [1.54, 1.807) is 0 Å². The van der Waals surface area contributed by atoms with E-state index in [4.69, 9.17) is 20.4 Å². The van der Waals surface area contributed by atoms with Crippen LogP contribution in [0, 0.1) is 0 Å². The van der Waals surface area contributed by atoms with Crippen LogP contribution in [0.15, 0.2) is 0 Å². The lowest BCUT2D eigenvalue weighted by Crippen LogP contribution is -1.85. The van der Waals surface area contributed by atoms with Crippen LogP contribution in [0.1, 0.15) is 0 Å². The maximum atomic E-state index is 7.62. The van der Waals surface area contributed by atoms with Gasteiger partial charge in [0.1, 0.15) is 0 Å². The van der Waals surface area contributed by atoms with Crippen LogP contribution >= 0.6 is 0 Å². The van der Waals surface area contributed by atoms with Crippen molar-refractivity contribution in [3.05, 3.63) is 0 Å². The summed E-state index contributed by atoms with van der Waals surface area (Å²) < 4.78 is 4.50. The average molecular weight is 168 g/mol. The lowest BCUT2D eigenvalue weighted by atomic mass is 10.8. The Morgan fingerprint density at radius 2 is 0.909 bits per heavy atom. The average Bonchev–Trinajstić information content (AvgIpc) is 2.90. The molecule has 1 aliphatic heterocycles. The third-order valence-corrected chi connectivity index (χ3v) is 0.404. The fourth-order valence-corrected chi connectivity index (χ4v) is 0. The number of aliphatic hydroxyl groups is 4. The van der Waals surface area contributed by atoms with Crippen molar-refractivity contribution >= 4 is 0 Å². The summed E-state index contributed by atoms with van der Waals surface area (Å²) in [6, 6.07) is 0. The maximum absolute atomic E-state index is 7.62. The molecule has 1 fully saturated rings. The van der Waals surface area contributed by atoms with E-state index >= 15 is 0 Å². The third kappa shape index (κ3) is 76.1. The highest BCUT2D eigenvalue weighted by molar-refractivity contribution is 4.36. The number of aliphatic hydroxyl groups excluding tert-OH is 4. The molecule has 5 heteroatoms. The molecule has 1 aliphatic rings. The minimum atomic E-state index is -0.125. The number of ether oxygens (including phenoxy) is 1. The van der Waals surface area contributed by atoms with Crippen LogP contribution in [0.2, 0.25) is 0 Å². The Labute approximate surface area is 65.9 Å². The molecular formula is C6H16O5. The third-order valence-electron chi connectivity index (χ3n) is 0.404. The fourth-order valence-electron chi connectivity index (χ4n) is 0. The Kier molecular flexibility index (Phi) is 20.0. The number of hydrogen-bond acceptors (Lipinski definition) is 5. The molecule has 1 heterocycles. The molecule has 11 heavy (non-hydrogen) atoms. The van der Waals surface area contributed by atoms with Crippen molar-refractivity contribution in [2.75, 3.05) is 39.6 Å². The van der Waals surface area contributed by atoms with Crippen molar-refractivity contribution < 1.29 is 25.2 Å². The predicted octanol–water partition coefficient (Wildman–Crippen LogP) is -2.04. The van der Waals surface area contributed by atoms with Crippen LogP contribution in [0.5, 0.6) is 0 Å². The van der Waals surface area contributed by atoms with Gasteiger partial charge in [0.15, 0.2) is 0 Å². The molecular weight excluding hydrogens is 152 g/mol. The normalized spacial score (nSPS) is 12.0. The van der Waals surface area contributed by atoms with E-state index in [1.807, 2.05) is 0 Å². The van der Waals surface area contributed by atoms with Gasteiger partial charge in [0.2, 0.25) is 0 Å². The first kappa shape index (κ1) is 13.4. The van der Waals surface area contributed by atoms with Gasteiger partial charge < -0.3 is 25.2 Å². The second-order valence-electron chi connectivity index (χ2n) is 1.51. The van der Waals surface area contributed by atoms with Crippen LogP contribution in [0.25, 0.3) is 0 Å². The molecule has 0 aromatic rings. The topological polar surface area (TPSA) is 93.5 Å². The summed E-state index contributed by atoms with van der Waals surface area (Å²) in [6.45, 7) is 1.50. The first-order chi connectivity index (χ1) is 5.33. The van der Waals surface area contributed by atoms with Crippen molar-refractivity contribution in [3.8, 4) is 0 Å². The maximum Gasteiger partial charge on any atom is 0.0701 e. The Hall–Kier alpha value is -0.200. The number of rotatable bonds is 2. The Bertz CT molecular complexity index is 37.5.